The van der Waals surface area contributed by atoms with E-state index in [1.165, 1.54) is 6.92 Å². The molecule has 0 fully saturated rings. The minimum Gasteiger partial charge on any atom is -0.374 e. The molecule has 1 unspecified atom stereocenters. The summed E-state index contributed by atoms with van der Waals surface area (Å²) >= 11 is 0. The second kappa shape index (κ2) is 5.34. The number of ketones is 1. The van der Waals surface area contributed by atoms with Crippen molar-refractivity contribution in [1.29, 1.82) is 0 Å². The second-order valence-electron chi connectivity index (χ2n) is 2.99. The lowest BCUT2D eigenvalue weighted by Gasteiger charge is -2.07. The quantitative estimate of drug-likeness (QED) is 0.593. The molecule has 0 aromatic heterocycles. The summed E-state index contributed by atoms with van der Waals surface area (Å²) in [5.41, 5.74) is 0. The maximum Gasteiger partial charge on any atom is 0.176 e. The molecule has 0 aromatic carbocycles. The van der Waals surface area contributed by atoms with Crippen LogP contribution in [0.3, 0.4) is 0 Å². The van der Waals surface area contributed by atoms with Crippen LogP contribution in [0.25, 0.3) is 0 Å². The van der Waals surface area contributed by atoms with Crippen LogP contribution in [-0.2, 0) is 19.4 Å². The van der Waals surface area contributed by atoms with Crippen molar-refractivity contribution in [2.45, 2.75) is 25.5 Å². The molecule has 0 saturated carbocycles. The molecule has 0 amide bonds. The molecule has 13 heavy (non-hydrogen) atoms. The van der Waals surface area contributed by atoms with E-state index in [4.69, 9.17) is 4.74 Å². The first-order chi connectivity index (χ1) is 5.89. The molecule has 0 aliphatic rings. The van der Waals surface area contributed by atoms with Gasteiger partial charge in [0.1, 0.15) is 11.9 Å². The highest BCUT2D eigenvalue weighted by molar-refractivity contribution is 7.92. The van der Waals surface area contributed by atoms with Crippen molar-refractivity contribution in [2.24, 2.45) is 0 Å². The van der Waals surface area contributed by atoms with Gasteiger partial charge in [0.05, 0.1) is 0 Å². The van der Waals surface area contributed by atoms with Crippen LogP contribution in [0.15, 0.2) is 0 Å². The molecule has 0 saturated heterocycles. The van der Waals surface area contributed by atoms with E-state index in [1.54, 1.807) is 0 Å². The number of Topliss-reactive ketones (excluding diaryl/α,β-unsaturated/α-hetero) is 1. The fourth-order valence-corrected chi connectivity index (χ4v) is 1.22. The Morgan fingerprint density at radius 2 is 2.00 bits per heavy atom. The van der Waals surface area contributed by atoms with Gasteiger partial charge < -0.3 is 4.74 Å². The minimum absolute atomic E-state index is 0.109. The number of ether oxygens (including phenoxy) is 1. The first kappa shape index (κ1) is 12.6. The predicted molar refractivity (Wildman–Crippen MR) is 50.4 cm³/mol. The topological polar surface area (TPSA) is 60.4 Å². The highest BCUT2D eigenvalue weighted by Crippen LogP contribution is 1.99. The van der Waals surface area contributed by atoms with Crippen LogP contribution in [0.4, 0.5) is 0 Å². The summed E-state index contributed by atoms with van der Waals surface area (Å²) in [6.45, 7) is 3.68. The third-order valence-electron chi connectivity index (χ3n) is 1.69. The van der Waals surface area contributed by atoms with Crippen LogP contribution in [0.5, 0.6) is 0 Å². The molecule has 0 heterocycles. The molecule has 0 aromatic rings. The van der Waals surface area contributed by atoms with Gasteiger partial charge in [0.2, 0.25) is 0 Å². The Hall–Kier alpha value is -0.420. The van der Waals surface area contributed by atoms with E-state index in [2.05, 4.69) is 0 Å². The zero-order valence-electron chi connectivity index (χ0n) is 8.24. The van der Waals surface area contributed by atoms with Gasteiger partial charge in [0, 0.05) is 12.9 Å². The molecule has 0 aliphatic carbocycles. The Bertz CT molecular complexity index is 255. The lowest BCUT2D eigenvalue weighted by atomic mass is 10.3. The van der Waals surface area contributed by atoms with E-state index in [1.807, 2.05) is 6.92 Å². The van der Waals surface area contributed by atoms with E-state index in [0.29, 0.717) is 6.61 Å². The van der Waals surface area contributed by atoms with Gasteiger partial charge in [-0.2, -0.15) is 0 Å². The van der Waals surface area contributed by atoms with E-state index < -0.39 is 15.1 Å². The predicted octanol–water partition coefficient (Wildman–Crippen LogP) is 0.415. The Morgan fingerprint density at radius 1 is 1.46 bits per heavy atom. The highest BCUT2D eigenvalue weighted by atomic mass is 32.2. The van der Waals surface area contributed by atoms with E-state index in [9.17, 15) is 13.2 Å². The Balaban J connectivity index is 3.99. The van der Waals surface area contributed by atoms with Gasteiger partial charge in [-0.25, -0.2) is 8.42 Å². The molecule has 0 spiro atoms. The molecule has 5 heteroatoms. The zero-order chi connectivity index (χ0) is 10.5. The van der Waals surface area contributed by atoms with Crippen molar-refractivity contribution in [3.63, 3.8) is 0 Å². The van der Waals surface area contributed by atoms with Gasteiger partial charge in [0.15, 0.2) is 15.6 Å². The van der Waals surface area contributed by atoms with Gasteiger partial charge in [-0.05, 0) is 13.3 Å². The van der Waals surface area contributed by atoms with Crippen LogP contribution in [-0.4, -0.2) is 38.9 Å². The maximum absolute atomic E-state index is 11.2. The van der Waals surface area contributed by atoms with Crippen LogP contribution >= 0.6 is 0 Å². The summed E-state index contributed by atoms with van der Waals surface area (Å²) in [6, 6.07) is 0. The molecule has 0 bridgehead atoms. The lowest BCUT2D eigenvalue weighted by Crippen LogP contribution is -2.29. The van der Waals surface area contributed by atoms with Crippen molar-refractivity contribution >= 4 is 15.6 Å². The van der Waals surface area contributed by atoms with Gasteiger partial charge in [-0.3, -0.25) is 4.79 Å². The smallest absolute Gasteiger partial charge is 0.176 e. The normalized spacial score (nSPS) is 14.1. The summed E-state index contributed by atoms with van der Waals surface area (Å²) in [7, 11) is -3.27. The SMILES string of the molecule is CCCOCC(=O)C(C)S(C)(=O)=O. The van der Waals surface area contributed by atoms with Gasteiger partial charge in [-0.15, -0.1) is 0 Å². The number of carbonyl (C=O) groups is 1. The van der Waals surface area contributed by atoms with Crippen molar-refractivity contribution in [3.8, 4) is 0 Å². The fourth-order valence-electron chi connectivity index (χ4n) is 0.673. The third kappa shape index (κ3) is 5.00. The molecular formula is C8H16O4S. The zero-order valence-corrected chi connectivity index (χ0v) is 9.06. The number of hydrogen-bond acceptors (Lipinski definition) is 4. The number of hydrogen-bond donors (Lipinski definition) is 0. The van der Waals surface area contributed by atoms with Gasteiger partial charge in [-0.1, -0.05) is 6.92 Å². The van der Waals surface area contributed by atoms with Crippen LogP contribution in [0, 0.1) is 0 Å². The largest absolute Gasteiger partial charge is 0.374 e. The standard InChI is InChI=1S/C8H16O4S/c1-4-5-12-6-8(9)7(2)13(3,10)11/h7H,4-6H2,1-3H3. The molecular weight excluding hydrogens is 192 g/mol. The first-order valence-electron chi connectivity index (χ1n) is 4.19. The fraction of sp³-hybridized carbons (Fsp3) is 0.875. The van der Waals surface area contributed by atoms with E-state index >= 15 is 0 Å². The molecule has 0 N–H and O–H groups in total. The van der Waals surface area contributed by atoms with Gasteiger partial charge >= 0.3 is 0 Å². The Morgan fingerprint density at radius 3 is 2.38 bits per heavy atom. The average Bonchev–Trinajstić information content (AvgIpc) is 2.01. The summed E-state index contributed by atoms with van der Waals surface area (Å²) in [5, 5.41) is -0.954. The molecule has 0 rings (SSSR count). The minimum atomic E-state index is -3.27. The number of sulfone groups is 1. The van der Waals surface area contributed by atoms with Crippen molar-refractivity contribution in [2.75, 3.05) is 19.5 Å². The number of rotatable bonds is 6. The summed E-state index contributed by atoms with van der Waals surface area (Å²) < 4.78 is 26.8. The summed E-state index contributed by atoms with van der Waals surface area (Å²) in [5.74, 6) is -0.379. The average molecular weight is 208 g/mol. The van der Waals surface area contributed by atoms with Crippen molar-refractivity contribution < 1.29 is 17.9 Å². The third-order valence-corrected chi connectivity index (χ3v) is 3.24. The van der Waals surface area contributed by atoms with E-state index in [0.717, 1.165) is 12.7 Å². The van der Waals surface area contributed by atoms with Crippen LogP contribution in [0.1, 0.15) is 20.3 Å². The second-order valence-corrected chi connectivity index (χ2v) is 5.36. The molecule has 0 aliphatic heterocycles. The highest BCUT2D eigenvalue weighted by Gasteiger charge is 2.22. The summed E-state index contributed by atoms with van der Waals surface area (Å²) in [6.07, 6.45) is 1.87. The molecule has 78 valence electrons. The molecule has 1 atom stereocenters. The monoisotopic (exact) mass is 208 g/mol. The Kier molecular flexibility index (Phi) is 5.17. The number of carbonyl (C=O) groups excluding carboxylic acids is 1. The van der Waals surface area contributed by atoms with Crippen molar-refractivity contribution in [3.05, 3.63) is 0 Å². The van der Waals surface area contributed by atoms with Crippen LogP contribution < -0.4 is 0 Å². The molecule has 0 radical (unpaired) electrons. The van der Waals surface area contributed by atoms with Crippen molar-refractivity contribution in [1.82, 2.24) is 0 Å². The van der Waals surface area contributed by atoms with E-state index in [-0.39, 0.29) is 12.4 Å². The first-order valence-corrected chi connectivity index (χ1v) is 6.14. The molecule has 4 nitrogen and oxygen atoms in total. The van der Waals surface area contributed by atoms with Crippen LogP contribution in [0.2, 0.25) is 0 Å². The maximum atomic E-state index is 11.2. The van der Waals surface area contributed by atoms with Gasteiger partial charge in [0.25, 0.3) is 0 Å². The summed E-state index contributed by atoms with van der Waals surface area (Å²) in [4.78, 5) is 11.2. The lowest BCUT2D eigenvalue weighted by molar-refractivity contribution is -0.122. The Labute approximate surface area is 79.2 Å².